The van der Waals surface area contributed by atoms with Crippen molar-refractivity contribution in [3.63, 3.8) is 0 Å². The summed E-state index contributed by atoms with van der Waals surface area (Å²) in [4.78, 5) is 27.4. The molecular weight excluding hydrogens is 398 g/mol. The van der Waals surface area contributed by atoms with Gasteiger partial charge >= 0.3 is 0 Å². The first-order chi connectivity index (χ1) is 13.5. The predicted octanol–water partition coefficient (Wildman–Crippen LogP) is 3.33. The molecule has 0 unspecified atom stereocenters. The number of amides is 2. The van der Waals surface area contributed by atoms with Crippen LogP contribution in [0.2, 0.25) is 5.02 Å². The molecule has 1 aromatic heterocycles. The molecule has 1 aromatic carbocycles. The van der Waals surface area contributed by atoms with Crippen LogP contribution in [0.5, 0.6) is 5.75 Å². The molecule has 1 aliphatic rings. The van der Waals surface area contributed by atoms with Crippen LogP contribution in [0.1, 0.15) is 33.6 Å². The van der Waals surface area contributed by atoms with Crippen LogP contribution in [0.4, 0.5) is 5.00 Å². The highest BCUT2D eigenvalue weighted by Gasteiger charge is 2.25. The van der Waals surface area contributed by atoms with E-state index < -0.39 is 5.91 Å². The standard InChI is InChI=1S/C20H24ClN3O3S/c1-24(10-11-27-15-8-4-3-7-14(15)21)12-17(25)23-20-18(19(22)26)13-6-2-5-9-16(13)28-20/h3-4,7-8H,2,5-6,9-12H2,1H3,(H2,22,26)(H,23,25). The highest BCUT2D eigenvalue weighted by Crippen LogP contribution is 2.37. The van der Waals surface area contributed by atoms with Crippen molar-refractivity contribution in [3.8, 4) is 5.75 Å². The lowest BCUT2D eigenvalue weighted by molar-refractivity contribution is -0.117. The van der Waals surface area contributed by atoms with Crippen molar-refractivity contribution in [2.75, 3.05) is 32.1 Å². The number of thiophene rings is 1. The lowest BCUT2D eigenvalue weighted by atomic mass is 9.95. The Kier molecular flexibility index (Phi) is 6.93. The molecule has 0 fully saturated rings. The number of para-hydroxylation sites is 1. The minimum Gasteiger partial charge on any atom is -0.491 e. The number of carbonyl (C=O) groups excluding carboxylic acids is 2. The van der Waals surface area contributed by atoms with Crippen molar-refractivity contribution in [3.05, 3.63) is 45.3 Å². The van der Waals surface area contributed by atoms with Gasteiger partial charge in [-0.2, -0.15) is 0 Å². The van der Waals surface area contributed by atoms with Gasteiger partial charge in [-0.05, 0) is 50.4 Å². The molecule has 6 nitrogen and oxygen atoms in total. The number of halogens is 1. The molecule has 0 atom stereocenters. The Morgan fingerprint density at radius 3 is 2.79 bits per heavy atom. The molecule has 1 aliphatic carbocycles. The number of fused-ring (bicyclic) bond motifs is 1. The molecule has 0 saturated heterocycles. The first-order valence-corrected chi connectivity index (χ1v) is 10.4. The number of aryl methyl sites for hydroxylation is 1. The second-order valence-corrected chi connectivity index (χ2v) is 8.36. The van der Waals surface area contributed by atoms with E-state index in [1.807, 2.05) is 24.1 Å². The summed E-state index contributed by atoms with van der Waals surface area (Å²) in [6.45, 7) is 1.16. The fraction of sp³-hybridized carbons (Fsp3) is 0.400. The maximum atomic E-state index is 12.4. The third-order valence-electron chi connectivity index (χ3n) is 4.65. The number of benzene rings is 1. The van der Waals surface area contributed by atoms with Crippen LogP contribution >= 0.6 is 22.9 Å². The third kappa shape index (κ3) is 5.04. The second kappa shape index (κ2) is 9.41. The number of hydrogen-bond donors (Lipinski definition) is 2. The normalized spacial score (nSPS) is 13.2. The number of rotatable bonds is 8. The Hall–Kier alpha value is -2.09. The van der Waals surface area contributed by atoms with Crippen LogP contribution in [-0.2, 0) is 17.6 Å². The molecule has 0 spiro atoms. The number of likely N-dealkylation sites (N-methyl/N-ethyl adjacent to an activating group) is 1. The van der Waals surface area contributed by atoms with Crippen LogP contribution in [0, 0.1) is 0 Å². The predicted molar refractivity (Wildman–Crippen MR) is 113 cm³/mol. The minimum atomic E-state index is -0.476. The van der Waals surface area contributed by atoms with Gasteiger partial charge in [0.15, 0.2) is 0 Å². The Morgan fingerprint density at radius 1 is 1.29 bits per heavy atom. The van der Waals surface area contributed by atoms with Gasteiger partial charge in [0.05, 0.1) is 17.1 Å². The molecule has 3 N–H and O–H groups in total. The van der Waals surface area contributed by atoms with E-state index >= 15 is 0 Å². The van der Waals surface area contributed by atoms with Gasteiger partial charge in [0.25, 0.3) is 5.91 Å². The summed E-state index contributed by atoms with van der Waals surface area (Å²) in [5.41, 5.74) is 7.07. The van der Waals surface area contributed by atoms with Gasteiger partial charge in [0.1, 0.15) is 17.4 Å². The number of carbonyl (C=O) groups is 2. The fourth-order valence-electron chi connectivity index (χ4n) is 3.28. The van der Waals surface area contributed by atoms with E-state index in [0.717, 1.165) is 36.1 Å². The van der Waals surface area contributed by atoms with Crippen molar-refractivity contribution in [1.29, 1.82) is 0 Å². The highest BCUT2D eigenvalue weighted by molar-refractivity contribution is 7.17. The molecule has 150 valence electrons. The zero-order valence-corrected chi connectivity index (χ0v) is 17.4. The van der Waals surface area contributed by atoms with E-state index in [-0.39, 0.29) is 12.5 Å². The fourth-order valence-corrected chi connectivity index (χ4v) is 4.78. The molecule has 1 heterocycles. The van der Waals surface area contributed by atoms with Gasteiger partial charge in [0, 0.05) is 11.4 Å². The van der Waals surface area contributed by atoms with Crippen LogP contribution in [-0.4, -0.2) is 43.5 Å². The lowest BCUT2D eigenvalue weighted by Gasteiger charge is -2.17. The van der Waals surface area contributed by atoms with Gasteiger partial charge in [0.2, 0.25) is 5.91 Å². The van der Waals surface area contributed by atoms with Crippen molar-refractivity contribution in [2.24, 2.45) is 5.73 Å². The van der Waals surface area contributed by atoms with E-state index in [4.69, 9.17) is 22.1 Å². The summed E-state index contributed by atoms with van der Waals surface area (Å²) in [6, 6.07) is 7.27. The smallest absolute Gasteiger partial charge is 0.251 e. The summed E-state index contributed by atoms with van der Waals surface area (Å²) in [6.07, 6.45) is 3.94. The second-order valence-electron chi connectivity index (χ2n) is 6.84. The average molecular weight is 422 g/mol. The van der Waals surface area contributed by atoms with Crippen LogP contribution in [0.25, 0.3) is 0 Å². The van der Waals surface area contributed by atoms with Crippen LogP contribution in [0.15, 0.2) is 24.3 Å². The molecule has 2 aromatic rings. The van der Waals surface area contributed by atoms with Gasteiger partial charge in [-0.1, -0.05) is 23.7 Å². The monoisotopic (exact) mass is 421 g/mol. The van der Waals surface area contributed by atoms with Gasteiger partial charge < -0.3 is 15.8 Å². The summed E-state index contributed by atoms with van der Waals surface area (Å²) >= 11 is 7.53. The highest BCUT2D eigenvalue weighted by atomic mass is 35.5. The molecule has 2 amide bonds. The SMILES string of the molecule is CN(CCOc1ccccc1Cl)CC(=O)Nc1sc2c(c1C(N)=O)CCCC2. The zero-order chi connectivity index (χ0) is 20.1. The number of primary amides is 1. The van der Waals surface area contributed by atoms with Crippen molar-refractivity contribution >= 4 is 39.8 Å². The summed E-state index contributed by atoms with van der Waals surface area (Å²) in [5.74, 6) is -0.0326. The van der Waals surface area contributed by atoms with E-state index in [0.29, 0.717) is 34.5 Å². The molecule has 0 radical (unpaired) electrons. The van der Waals surface area contributed by atoms with Gasteiger partial charge in [-0.25, -0.2) is 0 Å². The molecule has 8 heteroatoms. The maximum Gasteiger partial charge on any atom is 0.251 e. The van der Waals surface area contributed by atoms with E-state index in [2.05, 4.69) is 5.32 Å². The van der Waals surface area contributed by atoms with Crippen LogP contribution in [0.3, 0.4) is 0 Å². The van der Waals surface area contributed by atoms with Gasteiger partial charge in [-0.3, -0.25) is 14.5 Å². The topological polar surface area (TPSA) is 84.7 Å². The van der Waals surface area contributed by atoms with Gasteiger partial charge in [-0.15, -0.1) is 11.3 Å². The van der Waals surface area contributed by atoms with E-state index in [1.165, 1.54) is 11.3 Å². The molecule has 3 rings (SSSR count). The van der Waals surface area contributed by atoms with Crippen molar-refractivity contribution in [1.82, 2.24) is 4.90 Å². The third-order valence-corrected chi connectivity index (χ3v) is 6.17. The van der Waals surface area contributed by atoms with Crippen molar-refractivity contribution < 1.29 is 14.3 Å². The molecular formula is C20H24ClN3O3S. The number of nitrogens with two attached hydrogens (primary N) is 1. The number of nitrogens with zero attached hydrogens (tertiary/aromatic N) is 1. The Morgan fingerprint density at radius 2 is 2.04 bits per heavy atom. The van der Waals surface area contributed by atoms with E-state index in [1.54, 1.807) is 12.1 Å². The first kappa shape index (κ1) is 20.6. The molecule has 0 bridgehead atoms. The quantitative estimate of drug-likeness (QED) is 0.684. The summed E-state index contributed by atoms with van der Waals surface area (Å²) in [7, 11) is 1.84. The zero-order valence-electron chi connectivity index (χ0n) is 15.8. The Labute approximate surface area is 173 Å². The molecule has 28 heavy (non-hydrogen) atoms. The number of nitrogens with one attached hydrogen (secondary N) is 1. The van der Waals surface area contributed by atoms with Crippen molar-refractivity contribution in [2.45, 2.75) is 25.7 Å². The largest absolute Gasteiger partial charge is 0.491 e. The average Bonchev–Trinajstić information content (AvgIpc) is 3.01. The number of anilines is 1. The van der Waals surface area contributed by atoms with Crippen LogP contribution < -0.4 is 15.8 Å². The summed E-state index contributed by atoms with van der Waals surface area (Å²) in [5, 5.41) is 4.01. The maximum absolute atomic E-state index is 12.4. The molecule has 0 saturated carbocycles. The Bertz CT molecular complexity index is 868. The van der Waals surface area contributed by atoms with E-state index in [9.17, 15) is 9.59 Å². The molecule has 0 aliphatic heterocycles. The minimum absolute atomic E-state index is 0.179. The lowest BCUT2D eigenvalue weighted by Crippen LogP contribution is -2.33. The number of hydrogen-bond acceptors (Lipinski definition) is 5. The Balaban J connectivity index is 1.53. The number of ether oxygens (including phenoxy) is 1. The first-order valence-electron chi connectivity index (χ1n) is 9.25. The summed E-state index contributed by atoms with van der Waals surface area (Å²) < 4.78 is 5.65.